The molecule has 2 aromatic carbocycles. The zero-order valence-electron chi connectivity index (χ0n) is 18.7. The van der Waals surface area contributed by atoms with Gasteiger partial charge >= 0.3 is 0 Å². The molecule has 4 aromatic rings. The minimum atomic E-state index is 0.0672. The van der Waals surface area contributed by atoms with Crippen LogP contribution in [0.15, 0.2) is 58.3 Å². The summed E-state index contributed by atoms with van der Waals surface area (Å²) in [7, 11) is 0. The summed E-state index contributed by atoms with van der Waals surface area (Å²) in [6.07, 6.45) is 0.974. The first-order valence-corrected chi connectivity index (χ1v) is 12.4. The summed E-state index contributed by atoms with van der Waals surface area (Å²) in [4.78, 5) is 2.38. The van der Waals surface area contributed by atoms with Gasteiger partial charge in [-0.1, -0.05) is 18.2 Å². The standard InChI is InChI=1S/C27H27NO4S/c1-18-6-7-21(31-18)15-28-9-11-30-27-20(14-28)12-19(13-25(27)32-22-8-10-29-16-22)24-17-33-26-5-3-2-4-23(24)26/h2-7,12-13,17,22H,8-11,14-16H2,1H3. The SMILES string of the molecule is Cc1ccc(CN2CCOc3c(cc(-c4csc5ccccc45)cc3OC3CCOC3)C2)o1. The van der Waals surface area contributed by atoms with Crippen LogP contribution in [0, 0.1) is 6.92 Å². The minimum absolute atomic E-state index is 0.0672. The first-order valence-electron chi connectivity index (χ1n) is 11.5. The number of hydrogen-bond donors (Lipinski definition) is 0. The van der Waals surface area contributed by atoms with Gasteiger partial charge < -0.3 is 18.6 Å². The van der Waals surface area contributed by atoms with Crippen molar-refractivity contribution in [1.82, 2.24) is 4.90 Å². The van der Waals surface area contributed by atoms with Crippen molar-refractivity contribution in [2.45, 2.75) is 32.5 Å². The second-order valence-corrected chi connectivity index (χ2v) is 9.69. The summed E-state index contributed by atoms with van der Waals surface area (Å²) in [5, 5.41) is 3.52. The molecule has 4 heterocycles. The van der Waals surface area contributed by atoms with Crippen molar-refractivity contribution in [1.29, 1.82) is 0 Å². The Morgan fingerprint density at radius 1 is 1.12 bits per heavy atom. The minimum Gasteiger partial charge on any atom is -0.488 e. The van der Waals surface area contributed by atoms with Crippen LogP contribution < -0.4 is 9.47 Å². The summed E-state index contributed by atoms with van der Waals surface area (Å²) in [6, 6.07) is 17.1. The van der Waals surface area contributed by atoms with Crippen LogP contribution in [0.4, 0.5) is 0 Å². The van der Waals surface area contributed by atoms with E-state index in [1.807, 2.05) is 13.0 Å². The van der Waals surface area contributed by atoms with Gasteiger partial charge in [0.15, 0.2) is 11.5 Å². The molecule has 0 saturated carbocycles. The second kappa shape index (κ2) is 8.86. The lowest BCUT2D eigenvalue weighted by atomic mass is 10.0. The molecular weight excluding hydrogens is 434 g/mol. The van der Waals surface area contributed by atoms with Crippen LogP contribution in [0.2, 0.25) is 0 Å². The van der Waals surface area contributed by atoms with Crippen LogP contribution in [0.3, 0.4) is 0 Å². The molecule has 33 heavy (non-hydrogen) atoms. The van der Waals surface area contributed by atoms with E-state index in [0.29, 0.717) is 13.2 Å². The van der Waals surface area contributed by atoms with E-state index in [-0.39, 0.29) is 6.10 Å². The molecule has 1 saturated heterocycles. The molecule has 0 N–H and O–H groups in total. The second-order valence-electron chi connectivity index (χ2n) is 8.78. The van der Waals surface area contributed by atoms with Crippen LogP contribution in [-0.4, -0.2) is 37.4 Å². The van der Waals surface area contributed by atoms with Crippen molar-refractivity contribution in [3.05, 3.63) is 71.0 Å². The largest absolute Gasteiger partial charge is 0.488 e. The van der Waals surface area contributed by atoms with Crippen LogP contribution in [0.5, 0.6) is 11.5 Å². The van der Waals surface area contributed by atoms with E-state index in [4.69, 9.17) is 18.6 Å². The lowest BCUT2D eigenvalue weighted by Crippen LogP contribution is -2.25. The van der Waals surface area contributed by atoms with E-state index in [1.54, 1.807) is 11.3 Å². The maximum Gasteiger partial charge on any atom is 0.165 e. The van der Waals surface area contributed by atoms with Gasteiger partial charge in [-0.2, -0.15) is 0 Å². The monoisotopic (exact) mass is 461 g/mol. The number of fused-ring (bicyclic) bond motifs is 2. The smallest absolute Gasteiger partial charge is 0.165 e. The fourth-order valence-corrected chi connectivity index (χ4v) is 5.66. The van der Waals surface area contributed by atoms with Gasteiger partial charge in [-0.25, -0.2) is 0 Å². The lowest BCUT2D eigenvalue weighted by molar-refractivity contribution is 0.137. The van der Waals surface area contributed by atoms with Gasteiger partial charge in [0.2, 0.25) is 0 Å². The first-order chi connectivity index (χ1) is 16.2. The van der Waals surface area contributed by atoms with Crippen molar-refractivity contribution >= 4 is 21.4 Å². The average molecular weight is 462 g/mol. The van der Waals surface area contributed by atoms with Crippen molar-refractivity contribution in [2.75, 3.05) is 26.4 Å². The molecule has 0 radical (unpaired) electrons. The summed E-state index contributed by atoms with van der Waals surface area (Å²) in [5.41, 5.74) is 3.56. The normalized spacial score (nSPS) is 18.8. The van der Waals surface area contributed by atoms with Crippen molar-refractivity contribution in [3.63, 3.8) is 0 Å². The van der Waals surface area contributed by atoms with E-state index < -0.39 is 0 Å². The first kappa shape index (κ1) is 20.8. The molecule has 2 aliphatic rings. The van der Waals surface area contributed by atoms with E-state index >= 15 is 0 Å². The van der Waals surface area contributed by atoms with E-state index in [2.05, 4.69) is 52.7 Å². The van der Waals surface area contributed by atoms with Gasteiger partial charge in [0.05, 0.1) is 19.8 Å². The average Bonchev–Trinajstić information content (AvgIpc) is 3.54. The summed E-state index contributed by atoms with van der Waals surface area (Å²) in [6.45, 7) is 6.35. The van der Waals surface area contributed by atoms with E-state index in [9.17, 15) is 0 Å². The summed E-state index contributed by atoms with van der Waals surface area (Å²) in [5.74, 6) is 3.61. The third kappa shape index (κ3) is 4.26. The number of ether oxygens (including phenoxy) is 3. The number of benzene rings is 2. The van der Waals surface area contributed by atoms with Gasteiger partial charge in [-0.05, 0) is 48.2 Å². The predicted molar refractivity (Wildman–Crippen MR) is 130 cm³/mol. The van der Waals surface area contributed by atoms with Crippen LogP contribution in [-0.2, 0) is 17.8 Å². The molecule has 5 nitrogen and oxygen atoms in total. The molecule has 0 amide bonds. The Morgan fingerprint density at radius 3 is 2.91 bits per heavy atom. The molecule has 0 spiro atoms. The van der Waals surface area contributed by atoms with Crippen LogP contribution >= 0.6 is 11.3 Å². The highest BCUT2D eigenvalue weighted by Crippen LogP contribution is 2.42. The highest BCUT2D eigenvalue weighted by molar-refractivity contribution is 7.17. The lowest BCUT2D eigenvalue weighted by Gasteiger charge is -2.20. The van der Waals surface area contributed by atoms with Crippen molar-refractivity contribution < 1.29 is 18.6 Å². The molecule has 1 unspecified atom stereocenters. The Balaban J connectivity index is 1.39. The number of rotatable bonds is 5. The van der Waals surface area contributed by atoms with Gasteiger partial charge in [0, 0.05) is 40.7 Å². The Labute approximate surface area is 197 Å². The molecule has 0 aliphatic carbocycles. The quantitative estimate of drug-likeness (QED) is 0.363. The topological polar surface area (TPSA) is 44.1 Å². The zero-order chi connectivity index (χ0) is 22.2. The predicted octanol–water partition coefficient (Wildman–Crippen LogP) is 6.03. The molecule has 0 bridgehead atoms. The molecule has 6 rings (SSSR count). The summed E-state index contributed by atoms with van der Waals surface area (Å²) >= 11 is 1.78. The van der Waals surface area contributed by atoms with E-state index in [1.165, 1.54) is 21.2 Å². The van der Waals surface area contributed by atoms with Crippen LogP contribution in [0.25, 0.3) is 21.2 Å². The highest BCUT2D eigenvalue weighted by Gasteiger charge is 2.25. The Morgan fingerprint density at radius 2 is 2.06 bits per heavy atom. The molecule has 1 atom stereocenters. The molecule has 2 aliphatic heterocycles. The number of thiophene rings is 1. The number of aryl methyl sites for hydroxylation is 1. The highest BCUT2D eigenvalue weighted by atomic mass is 32.1. The van der Waals surface area contributed by atoms with E-state index in [0.717, 1.165) is 61.2 Å². The number of furan rings is 1. The molecule has 1 fully saturated rings. The molecule has 2 aromatic heterocycles. The van der Waals surface area contributed by atoms with Crippen LogP contribution in [0.1, 0.15) is 23.5 Å². The fourth-order valence-electron chi connectivity index (χ4n) is 4.69. The zero-order valence-corrected chi connectivity index (χ0v) is 19.5. The number of hydrogen-bond acceptors (Lipinski definition) is 6. The van der Waals surface area contributed by atoms with Gasteiger partial charge in [-0.15, -0.1) is 11.3 Å². The fraction of sp³-hybridized carbons (Fsp3) is 0.333. The van der Waals surface area contributed by atoms with Crippen molar-refractivity contribution in [2.24, 2.45) is 0 Å². The van der Waals surface area contributed by atoms with Gasteiger partial charge in [-0.3, -0.25) is 4.90 Å². The maximum atomic E-state index is 6.45. The maximum absolute atomic E-state index is 6.45. The Kier molecular flexibility index (Phi) is 5.58. The third-order valence-corrected chi connectivity index (χ3v) is 7.29. The summed E-state index contributed by atoms with van der Waals surface area (Å²) < 4.78 is 25.4. The Hall–Kier alpha value is -2.80. The third-order valence-electron chi connectivity index (χ3n) is 6.33. The van der Waals surface area contributed by atoms with Gasteiger partial charge in [0.1, 0.15) is 24.2 Å². The Bertz CT molecular complexity index is 1270. The van der Waals surface area contributed by atoms with Crippen molar-refractivity contribution in [3.8, 4) is 22.6 Å². The molecule has 170 valence electrons. The molecule has 6 heteroatoms. The number of nitrogens with zero attached hydrogens (tertiary/aromatic N) is 1. The van der Waals surface area contributed by atoms with Gasteiger partial charge in [0.25, 0.3) is 0 Å². The molecular formula is C27H27NO4S.